The summed E-state index contributed by atoms with van der Waals surface area (Å²) in [6.45, 7) is 5.79. The number of hydrogen-bond acceptors (Lipinski definition) is 5. The third-order valence-corrected chi connectivity index (χ3v) is 6.83. The molecule has 1 atom stereocenters. The number of thioether (sulfide) groups is 1. The first-order chi connectivity index (χ1) is 12.9. The van der Waals surface area contributed by atoms with Crippen molar-refractivity contribution in [2.45, 2.75) is 50.2 Å². The van der Waals surface area contributed by atoms with Crippen molar-refractivity contribution < 1.29 is 14.4 Å². The van der Waals surface area contributed by atoms with Gasteiger partial charge in [0.15, 0.2) is 5.78 Å². The Bertz CT molecular complexity index is 905. The van der Waals surface area contributed by atoms with Gasteiger partial charge >= 0.3 is 0 Å². The van der Waals surface area contributed by atoms with Gasteiger partial charge in [-0.1, -0.05) is 26.0 Å². The van der Waals surface area contributed by atoms with Crippen molar-refractivity contribution in [1.29, 1.82) is 0 Å². The predicted molar refractivity (Wildman–Crippen MR) is 111 cm³/mol. The van der Waals surface area contributed by atoms with Crippen LogP contribution < -0.4 is 10.6 Å². The number of aryl methyl sites for hydroxylation is 1. The van der Waals surface area contributed by atoms with Gasteiger partial charge in [0.1, 0.15) is 5.00 Å². The molecule has 1 aromatic carbocycles. The molecule has 0 radical (unpaired) electrons. The minimum absolute atomic E-state index is 0.0326. The van der Waals surface area contributed by atoms with Crippen LogP contribution in [0.25, 0.3) is 0 Å². The summed E-state index contributed by atoms with van der Waals surface area (Å²) in [6.07, 6.45) is 1.20. The highest BCUT2D eigenvalue weighted by atomic mass is 32.2. The van der Waals surface area contributed by atoms with Crippen molar-refractivity contribution in [2.24, 2.45) is 0 Å². The van der Waals surface area contributed by atoms with Gasteiger partial charge in [0.2, 0.25) is 11.8 Å². The van der Waals surface area contributed by atoms with E-state index in [1.54, 1.807) is 0 Å². The fraction of sp³-hybridized carbons (Fsp3) is 0.350. The molecule has 1 aliphatic rings. The standard InChI is InChI=1S/C20H22N2O3S2/c1-4-12-11(3)26-20(18(12)14(23)5-2)22-17(24)10-16-19(25)21-13-8-6-7-9-15(13)27-16/h6-9,16H,4-5,10H2,1-3H3,(H,21,25)(H,22,24)/t16-/m0/s1. The average Bonchev–Trinajstić information content (AvgIpc) is 2.96. The summed E-state index contributed by atoms with van der Waals surface area (Å²) in [4.78, 5) is 39.3. The van der Waals surface area contributed by atoms with Crippen LogP contribution in [-0.2, 0) is 16.0 Å². The van der Waals surface area contributed by atoms with Crippen LogP contribution in [0.5, 0.6) is 0 Å². The number of carbonyl (C=O) groups is 3. The third-order valence-electron chi connectivity index (χ3n) is 4.49. The number of hydrogen-bond donors (Lipinski definition) is 2. The molecule has 0 fully saturated rings. The lowest BCUT2D eigenvalue weighted by Crippen LogP contribution is -2.32. The van der Waals surface area contributed by atoms with Crippen LogP contribution in [0.2, 0.25) is 0 Å². The quantitative estimate of drug-likeness (QED) is 0.690. The highest BCUT2D eigenvalue weighted by Gasteiger charge is 2.29. The predicted octanol–water partition coefficient (Wildman–Crippen LogP) is 4.65. The number of nitrogens with one attached hydrogen (secondary N) is 2. The lowest BCUT2D eigenvalue weighted by molar-refractivity contribution is -0.120. The first-order valence-electron chi connectivity index (χ1n) is 8.96. The molecule has 2 aromatic rings. The second-order valence-corrected chi connectivity index (χ2v) is 8.78. The number of thiophene rings is 1. The van der Waals surface area contributed by atoms with Crippen LogP contribution >= 0.6 is 23.1 Å². The molecule has 1 aliphatic heterocycles. The van der Waals surface area contributed by atoms with E-state index in [1.165, 1.54) is 23.1 Å². The van der Waals surface area contributed by atoms with Crippen molar-refractivity contribution in [1.82, 2.24) is 0 Å². The molecule has 2 heterocycles. The van der Waals surface area contributed by atoms with E-state index in [2.05, 4.69) is 10.6 Å². The molecule has 27 heavy (non-hydrogen) atoms. The second-order valence-electron chi connectivity index (χ2n) is 6.32. The second kappa shape index (κ2) is 8.27. The van der Waals surface area contributed by atoms with Gasteiger partial charge in [-0.15, -0.1) is 23.1 Å². The highest BCUT2D eigenvalue weighted by Crippen LogP contribution is 2.38. The first-order valence-corrected chi connectivity index (χ1v) is 10.7. The fourth-order valence-corrected chi connectivity index (χ4v) is 5.43. The number of anilines is 2. The zero-order valence-corrected chi connectivity index (χ0v) is 17.2. The van der Waals surface area contributed by atoms with Gasteiger partial charge in [0.25, 0.3) is 0 Å². The van der Waals surface area contributed by atoms with Gasteiger partial charge in [-0.3, -0.25) is 14.4 Å². The van der Waals surface area contributed by atoms with E-state index < -0.39 is 5.25 Å². The average molecular weight is 403 g/mol. The summed E-state index contributed by atoms with van der Waals surface area (Å²) in [7, 11) is 0. The van der Waals surface area contributed by atoms with Crippen LogP contribution in [-0.4, -0.2) is 22.8 Å². The van der Waals surface area contributed by atoms with Crippen LogP contribution in [0.1, 0.15) is 47.5 Å². The molecule has 5 nitrogen and oxygen atoms in total. The SMILES string of the molecule is CCC(=O)c1c(NC(=O)C[C@@H]2Sc3ccccc3NC2=O)sc(C)c1CC. The maximum atomic E-state index is 12.6. The van der Waals surface area contributed by atoms with E-state index in [0.29, 0.717) is 17.0 Å². The van der Waals surface area contributed by atoms with E-state index in [-0.39, 0.29) is 24.0 Å². The maximum Gasteiger partial charge on any atom is 0.238 e. The smallest absolute Gasteiger partial charge is 0.238 e. The van der Waals surface area contributed by atoms with Gasteiger partial charge in [-0.05, 0) is 31.0 Å². The maximum absolute atomic E-state index is 12.6. The topological polar surface area (TPSA) is 75.3 Å². The number of fused-ring (bicyclic) bond motifs is 1. The van der Waals surface area contributed by atoms with Gasteiger partial charge in [-0.2, -0.15) is 0 Å². The monoisotopic (exact) mass is 402 g/mol. The summed E-state index contributed by atoms with van der Waals surface area (Å²) in [6, 6.07) is 7.55. The summed E-state index contributed by atoms with van der Waals surface area (Å²) >= 11 is 2.82. The number of carbonyl (C=O) groups excluding carboxylic acids is 3. The Balaban J connectivity index is 1.75. The van der Waals surface area contributed by atoms with Gasteiger partial charge in [0, 0.05) is 22.6 Å². The minimum Gasteiger partial charge on any atom is -0.324 e. The van der Waals surface area contributed by atoms with Gasteiger partial charge in [0.05, 0.1) is 16.5 Å². The van der Waals surface area contributed by atoms with Crippen LogP contribution in [0.4, 0.5) is 10.7 Å². The number of Topliss-reactive ketones (excluding diaryl/α,β-unsaturated/α-hetero) is 1. The normalized spacial score (nSPS) is 15.8. The van der Waals surface area contributed by atoms with Crippen molar-refractivity contribution >= 4 is 51.4 Å². The number of para-hydroxylation sites is 1. The van der Waals surface area contributed by atoms with Crippen molar-refractivity contribution in [2.75, 3.05) is 10.6 Å². The third kappa shape index (κ3) is 4.09. The molecular formula is C20H22N2O3S2. The summed E-state index contributed by atoms with van der Waals surface area (Å²) in [5.41, 5.74) is 2.41. The Kier molecular flexibility index (Phi) is 6.01. The van der Waals surface area contributed by atoms with E-state index in [0.717, 1.165) is 27.4 Å². The summed E-state index contributed by atoms with van der Waals surface area (Å²) in [5.74, 6) is -0.392. The fourth-order valence-electron chi connectivity index (χ4n) is 3.14. The number of rotatable bonds is 6. The first kappa shape index (κ1) is 19.6. The highest BCUT2D eigenvalue weighted by molar-refractivity contribution is 8.01. The molecule has 142 valence electrons. The van der Waals surface area contributed by atoms with Crippen molar-refractivity contribution in [3.8, 4) is 0 Å². The van der Waals surface area contributed by atoms with Crippen molar-refractivity contribution in [3.05, 3.63) is 40.3 Å². The van der Waals surface area contributed by atoms with Crippen molar-refractivity contribution in [3.63, 3.8) is 0 Å². The Labute approximate surface area is 166 Å². The molecule has 0 aliphatic carbocycles. The molecule has 0 spiro atoms. The van der Waals surface area contributed by atoms with E-state index in [1.807, 2.05) is 45.0 Å². The zero-order valence-electron chi connectivity index (χ0n) is 15.5. The number of amides is 2. The number of ketones is 1. The van der Waals surface area contributed by atoms with Crippen LogP contribution in [0, 0.1) is 6.92 Å². The largest absolute Gasteiger partial charge is 0.324 e. The molecule has 1 aromatic heterocycles. The molecule has 2 N–H and O–H groups in total. The van der Waals surface area contributed by atoms with E-state index >= 15 is 0 Å². The lowest BCUT2D eigenvalue weighted by atomic mass is 10.0. The lowest BCUT2D eigenvalue weighted by Gasteiger charge is -2.23. The Morgan fingerprint density at radius 3 is 2.67 bits per heavy atom. The molecule has 0 unspecified atom stereocenters. The molecule has 3 rings (SSSR count). The molecule has 7 heteroatoms. The summed E-state index contributed by atoms with van der Waals surface area (Å²) < 4.78 is 0. The Hall–Kier alpha value is -2.12. The molecule has 2 amide bonds. The van der Waals surface area contributed by atoms with Gasteiger partial charge in [-0.25, -0.2) is 0 Å². The molecule has 0 saturated carbocycles. The van der Waals surface area contributed by atoms with E-state index in [4.69, 9.17) is 0 Å². The van der Waals surface area contributed by atoms with Crippen LogP contribution in [0.15, 0.2) is 29.2 Å². The molecular weight excluding hydrogens is 380 g/mol. The molecule has 0 bridgehead atoms. The van der Waals surface area contributed by atoms with E-state index in [9.17, 15) is 14.4 Å². The summed E-state index contributed by atoms with van der Waals surface area (Å²) in [5, 5.41) is 5.84. The van der Waals surface area contributed by atoms with Crippen LogP contribution in [0.3, 0.4) is 0 Å². The minimum atomic E-state index is -0.489. The molecule has 0 saturated heterocycles. The zero-order chi connectivity index (χ0) is 19.6. The Morgan fingerprint density at radius 2 is 1.96 bits per heavy atom. The van der Waals surface area contributed by atoms with Gasteiger partial charge < -0.3 is 10.6 Å². The number of benzene rings is 1. The Morgan fingerprint density at radius 1 is 1.22 bits per heavy atom.